The van der Waals surface area contributed by atoms with Crippen LogP contribution in [0.3, 0.4) is 0 Å². The number of amides is 2. The van der Waals surface area contributed by atoms with Crippen molar-refractivity contribution in [2.75, 3.05) is 4.90 Å². The Balaban J connectivity index is 2.13. The number of halogens is 1. The van der Waals surface area contributed by atoms with E-state index in [1.807, 2.05) is 20.8 Å². The van der Waals surface area contributed by atoms with Crippen LogP contribution in [0.15, 0.2) is 52.5 Å². The number of hydrogen-bond donors (Lipinski definition) is 1. The van der Waals surface area contributed by atoms with Gasteiger partial charge in [0, 0.05) is 21.6 Å². The molecule has 3 rings (SSSR count). The average Bonchev–Trinajstić information content (AvgIpc) is 3.30. The molecule has 1 aromatic carbocycles. The van der Waals surface area contributed by atoms with Crippen LogP contribution < -0.4 is 10.2 Å². The van der Waals surface area contributed by atoms with E-state index in [0.29, 0.717) is 16.5 Å². The van der Waals surface area contributed by atoms with Crippen molar-refractivity contribution in [3.05, 3.63) is 64.5 Å². The average molecular weight is 419 g/mol. The Morgan fingerprint density at radius 1 is 1.25 bits per heavy atom. The molecule has 0 fully saturated rings. The first-order chi connectivity index (χ1) is 13.3. The van der Waals surface area contributed by atoms with Crippen LogP contribution in [0.4, 0.5) is 5.69 Å². The Morgan fingerprint density at radius 3 is 2.61 bits per heavy atom. The topological polar surface area (TPSA) is 88.3 Å². The number of hydrogen-bond acceptors (Lipinski definition) is 6. The van der Waals surface area contributed by atoms with Gasteiger partial charge in [-0.1, -0.05) is 22.2 Å². The molecule has 0 saturated heterocycles. The second-order valence-corrected chi connectivity index (χ2v) is 8.15. The fourth-order valence-corrected chi connectivity index (χ4v) is 3.26. The SMILES string of the molecule is CC(C)(C)NC(=O)[C@H](c1ccco1)N(C(=O)c1csnn1)c1cccc(Cl)c1. The van der Waals surface area contributed by atoms with Gasteiger partial charge in [0.05, 0.1) is 6.26 Å². The Kier molecular flexibility index (Phi) is 5.81. The molecule has 2 heterocycles. The number of carbonyl (C=O) groups excluding carboxylic acids is 2. The predicted molar refractivity (Wildman–Crippen MR) is 108 cm³/mol. The first kappa shape index (κ1) is 20.0. The monoisotopic (exact) mass is 418 g/mol. The van der Waals surface area contributed by atoms with Crippen LogP contribution in [0, 0.1) is 0 Å². The van der Waals surface area contributed by atoms with Crippen molar-refractivity contribution in [2.45, 2.75) is 32.4 Å². The quantitative estimate of drug-likeness (QED) is 0.674. The van der Waals surface area contributed by atoms with Crippen molar-refractivity contribution in [2.24, 2.45) is 0 Å². The number of aromatic nitrogens is 2. The summed E-state index contributed by atoms with van der Waals surface area (Å²) in [7, 11) is 0. The predicted octanol–water partition coefficient (Wildman–Crippen LogP) is 4.09. The zero-order valence-electron chi connectivity index (χ0n) is 15.5. The molecule has 1 N–H and O–H groups in total. The lowest BCUT2D eigenvalue weighted by Gasteiger charge is -2.32. The van der Waals surface area contributed by atoms with Crippen LogP contribution in [-0.2, 0) is 4.79 Å². The van der Waals surface area contributed by atoms with E-state index in [2.05, 4.69) is 14.9 Å². The van der Waals surface area contributed by atoms with Gasteiger partial charge in [0.15, 0.2) is 11.7 Å². The van der Waals surface area contributed by atoms with Crippen molar-refractivity contribution in [1.29, 1.82) is 0 Å². The molecular weight excluding hydrogens is 400 g/mol. The van der Waals surface area contributed by atoms with E-state index in [0.717, 1.165) is 11.5 Å². The van der Waals surface area contributed by atoms with Crippen LogP contribution in [0.25, 0.3) is 0 Å². The maximum Gasteiger partial charge on any atom is 0.280 e. The number of nitrogens with zero attached hydrogens (tertiary/aromatic N) is 3. The number of anilines is 1. The van der Waals surface area contributed by atoms with Gasteiger partial charge in [-0.15, -0.1) is 5.10 Å². The van der Waals surface area contributed by atoms with Gasteiger partial charge < -0.3 is 9.73 Å². The molecule has 0 saturated carbocycles. The Bertz CT molecular complexity index is 952. The second-order valence-electron chi connectivity index (χ2n) is 7.10. The van der Waals surface area contributed by atoms with E-state index in [-0.39, 0.29) is 11.6 Å². The summed E-state index contributed by atoms with van der Waals surface area (Å²) < 4.78 is 9.27. The van der Waals surface area contributed by atoms with E-state index >= 15 is 0 Å². The smallest absolute Gasteiger partial charge is 0.280 e. The van der Waals surface area contributed by atoms with Crippen LogP contribution >= 0.6 is 23.1 Å². The number of rotatable bonds is 5. The van der Waals surface area contributed by atoms with Crippen LogP contribution in [0.5, 0.6) is 0 Å². The lowest BCUT2D eigenvalue weighted by atomic mass is 10.1. The van der Waals surface area contributed by atoms with Gasteiger partial charge in [-0.2, -0.15) is 0 Å². The van der Waals surface area contributed by atoms with Gasteiger partial charge in [-0.3, -0.25) is 14.5 Å². The molecule has 2 amide bonds. The first-order valence-corrected chi connectivity index (χ1v) is 9.69. The maximum atomic E-state index is 13.3. The third kappa shape index (κ3) is 4.58. The van der Waals surface area contributed by atoms with E-state index in [9.17, 15) is 9.59 Å². The largest absolute Gasteiger partial charge is 0.467 e. The van der Waals surface area contributed by atoms with Gasteiger partial charge in [0.2, 0.25) is 0 Å². The summed E-state index contributed by atoms with van der Waals surface area (Å²) >= 11 is 7.20. The van der Waals surface area contributed by atoms with Crippen LogP contribution in [0.2, 0.25) is 5.02 Å². The third-order valence-corrected chi connectivity index (χ3v) is 4.44. The molecule has 7 nitrogen and oxygen atoms in total. The molecular formula is C19H19ClN4O3S. The Morgan fingerprint density at radius 2 is 2.04 bits per heavy atom. The molecule has 3 aromatic rings. The van der Waals surface area contributed by atoms with E-state index in [4.69, 9.17) is 16.0 Å². The molecule has 9 heteroatoms. The van der Waals surface area contributed by atoms with Crippen molar-refractivity contribution >= 4 is 40.6 Å². The minimum atomic E-state index is -1.05. The Hall–Kier alpha value is -2.71. The number of carbonyl (C=O) groups is 2. The number of nitrogens with one attached hydrogen (secondary N) is 1. The molecule has 0 aliphatic rings. The maximum absolute atomic E-state index is 13.3. The van der Waals surface area contributed by atoms with Crippen LogP contribution in [0.1, 0.15) is 43.1 Å². The molecule has 2 aromatic heterocycles. The lowest BCUT2D eigenvalue weighted by Crippen LogP contribution is -2.49. The molecule has 0 aliphatic carbocycles. The molecule has 0 bridgehead atoms. The summed E-state index contributed by atoms with van der Waals surface area (Å²) in [5, 5.41) is 8.74. The highest BCUT2D eigenvalue weighted by molar-refractivity contribution is 7.03. The summed E-state index contributed by atoms with van der Waals surface area (Å²) in [4.78, 5) is 27.8. The molecule has 146 valence electrons. The number of benzene rings is 1. The van der Waals surface area contributed by atoms with E-state index in [1.165, 1.54) is 16.5 Å². The second kappa shape index (κ2) is 8.12. The summed E-state index contributed by atoms with van der Waals surface area (Å²) in [6, 6.07) is 8.97. The molecule has 28 heavy (non-hydrogen) atoms. The van der Waals surface area contributed by atoms with E-state index < -0.39 is 17.5 Å². The molecule has 0 spiro atoms. The summed E-state index contributed by atoms with van der Waals surface area (Å²) in [6.45, 7) is 5.58. The Labute approximate surface area is 171 Å². The van der Waals surface area contributed by atoms with Gasteiger partial charge >= 0.3 is 0 Å². The molecule has 0 radical (unpaired) electrons. The highest BCUT2D eigenvalue weighted by Crippen LogP contribution is 2.31. The van der Waals surface area contributed by atoms with Crippen molar-refractivity contribution in [3.8, 4) is 0 Å². The summed E-state index contributed by atoms with van der Waals surface area (Å²) in [6.07, 6.45) is 1.46. The summed E-state index contributed by atoms with van der Waals surface area (Å²) in [5.41, 5.74) is 0.0636. The molecule has 0 aliphatic heterocycles. The third-order valence-electron chi connectivity index (χ3n) is 3.70. The highest BCUT2D eigenvalue weighted by atomic mass is 35.5. The lowest BCUT2D eigenvalue weighted by molar-refractivity contribution is -0.124. The van der Waals surface area contributed by atoms with Crippen molar-refractivity contribution < 1.29 is 14.0 Å². The zero-order chi connectivity index (χ0) is 20.3. The van der Waals surface area contributed by atoms with Gasteiger partial charge in [0.25, 0.3) is 11.8 Å². The normalized spacial score (nSPS) is 12.4. The minimum absolute atomic E-state index is 0.130. The van der Waals surface area contributed by atoms with Crippen molar-refractivity contribution in [1.82, 2.24) is 14.9 Å². The fourth-order valence-electron chi connectivity index (χ4n) is 2.65. The van der Waals surface area contributed by atoms with E-state index in [1.54, 1.807) is 36.4 Å². The highest BCUT2D eigenvalue weighted by Gasteiger charge is 2.37. The van der Waals surface area contributed by atoms with Crippen LogP contribution in [-0.4, -0.2) is 26.9 Å². The fraction of sp³-hybridized carbons (Fsp3) is 0.263. The standard InChI is InChI=1S/C19H19ClN4O3S/c1-19(2,3)21-17(25)16(15-8-5-9-27-15)24(13-7-4-6-12(20)10-13)18(26)14-11-28-23-22-14/h4-11,16H,1-3H3,(H,21,25)/t16-/m0/s1. The first-order valence-electron chi connectivity index (χ1n) is 8.48. The zero-order valence-corrected chi connectivity index (χ0v) is 17.1. The van der Waals surface area contributed by atoms with Gasteiger partial charge in [-0.25, -0.2) is 0 Å². The molecule has 0 unspecified atom stereocenters. The van der Waals surface area contributed by atoms with Crippen molar-refractivity contribution in [3.63, 3.8) is 0 Å². The molecule has 1 atom stereocenters. The van der Waals surface area contributed by atoms with Gasteiger partial charge in [0.1, 0.15) is 5.76 Å². The van der Waals surface area contributed by atoms with Gasteiger partial charge in [-0.05, 0) is 62.6 Å². The number of furan rings is 1. The summed E-state index contributed by atoms with van der Waals surface area (Å²) in [5.74, 6) is -0.557. The minimum Gasteiger partial charge on any atom is -0.467 e.